The number of carbonyl (C=O) groups excluding carboxylic acids is 2. The number of aryl methyl sites for hydroxylation is 1. The van der Waals surface area contributed by atoms with Crippen LogP contribution in [0, 0.1) is 6.92 Å². The first-order chi connectivity index (χ1) is 14.1. The number of H-pyrrole nitrogens is 1. The van der Waals surface area contributed by atoms with Crippen molar-refractivity contribution >= 4 is 11.7 Å². The van der Waals surface area contributed by atoms with Crippen molar-refractivity contribution in [3.63, 3.8) is 0 Å². The minimum Gasteiger partial charge on any atom is -0.377 e. The summed E-state index contributed by atoms with van der Waals surface area (Å²) in [5, 5.41) is 4.07. The van der Waals surface area contributed by atoms with Gasteiger partial charge in [-0.2, -0.15) is 0 Å². The van der Waals surface area contributed by atoms with Crippen LogP contribution in [0.25, 0.3) is 11.3 Å². The van der Waals surface area contributed by atoms with Crippen LogP contribution in [0.2, 0.25) is 0 Å². The monoisotopic (exact) mass is 393 g/mol. The average molecular weight is 393 g/mol. The number of aromatic amines is 1. The lowest BCUT2D eigenvalue weighted by Gasteiger charge is -2.15. The van der Waals surface area contributed by atoms with Crippen LogP contribution in [0.3, 0.4) is 0 Å². The Morgan fingerprint density at radius 1 is 1.31 bits per heavy atom. The van der Waals surface area contributed by atoms with Crippen LogP contribution in [-0.2, 0) is 4.74 Å². The molecule has 1 atom stereocenters. The van der Waals surface area contributed by atoms with Crippen molar-refractivity contribution in [1.29, 1.82) is 0 Å². The Kier molecular flexibility index (Phi) is 5.31. The second-order valence-corrected chi connectivity index (χ2v) is 7.08. The number of hydrogen-bond donors (Lipinski definition) is 1. The number of hydrogen-bond acceptors (Lipinski definition) is 5. The van der Waals surface area contributed by atoms with E-state index >= 15 is 0 Å². The topological polar surface area (TPSA) is 88.4 Å². The molecule has 29 heavy (non-hydrogen) atoms. The minimum absolute atomic E-state index is 0.0769. The number of nitrogens with one attached hydrogen (secondary N) is 1. The van der Waals surface area contributed by atoms with E-state index in [2.05, 4.69) is 10.1 Å². The molecule has 0 radical (unpaired) electrons. The molecule has 1 saturated heterocycles. The van der Waals surface area contributed by atoms with Gasteiger partial charge >= 0.3 is 0 Å². The fraction of sp³-hybridized carbons (Fsp3) is 0.318. The fourth-order valence-corrected chi connectivity index (χ4v) is 3.68. The number of nitrogens with zero attached hydrogens (tertiary/aromatic N) is 2. The van der Waals surface area contributed by atoms with Crippen molar-refractivity contribution in [3.8, 4) is 11.3 Å². The van der Waals surface area contributed by atoms with Crippen molar-refractivity contribution < 1.29 is 18.8 Å². The molecule has 3 heterocycles. The zero-order valence-corrected chi connectivity index (χ0v) is 16.5. The van der Waals surface area contributed by atoms with Crippen LogP contribution in [0.15, 0.2) is 47.1 Å². The minimum atomic E-state index is -0.230. The van der Waals surface area contributed by atoms with E-state index in [4.69, 9.17) is 9.26 Å². The summed E-state index contributed by atoms with van der Waals surface area (Å²) in [7, 11) is 0. The first-order valence-corrected chi connectivity index (χ1v) is 9.74. The predicted octanol–water partition coefficient (Wildman–Crippen LogP) is 3.46. The average Bonchev–Trinajstić information content (AvgIpc) is 3.48. The summed E-state index contributed by atoms with van der Waals surface area (Å²) in [6.45, 7) is 5.51. The molecule has 1 amide bonds. The number of amides is 1. The summed E-state index contributed by atoms with van der Waals surface area (Å²) in [4.78, 5) is 30.6. The smallest absolute Gasteiger partial charge is 0.270 e. The van der Waals surface area contributed by atoms with Gasteiger partial charge in [0, 0.05) is 37.0 Å². The van der Waals surface area contributed by atoms with Crippen molar-refractivity contribution in [3.05, 3.63) is 65.2 Å². The van der Waals surface area contributed by atoms with Gasteiger partial charge in [-0.15, -0.1) is 0 Å². The van der Waals surface area contributed by atoms with E-state index < -0.39 is 0 Å². The van der Waals surface area contributed by atoms with Crippen molar-refractivity contribution in [1.82, 2.24) is 15.0 Å². The number of benzene rings is 1. The molecule has 150 valence electrons. The lowest BCUT2D eigenvalue weighted by molar-refractivity contribution is 0.0595. The quantitative estimate of drug-likeness (QED) is 0.648. The maximum Gasteiger partial charge on any atom is 0.270 e. The molecule has 3 aromatic rings. The van der Waals surface area contributed by atoms with Gasteiger partial charge in [0.2, 0.25) is 0 Å². The van der Waals surface area contributed by atoms with E-state index in [-0.39, 0.29) is 17.8 Å². The number of rotatable bonds is 6. The summed E-state index contributed by atoms with van der Waals surface area (Å²) in [5.74, 6) is 0.0881. The van der Waals surface area contributed by atoms with Gasteiger partial charge in [0.25, 0.3) is 5.91 Å². The molecule has 1 aliphatic heterocycles. The Morgan fingerprint density at radius 2 is 2.10 bits per heavy atom. The molecule has 1 N–H and O–H groups in total. The largest absolute Gasteiger partial charge is 0.377 e. The normalized spacial score (nSPS) is 16.3. The zero-order chi connectivity index (χ0) is 20.4. The van der Waals surface area contributed by atoms with Gasteiger partial charge in [-0.05, 0) is 26.3 Å². The Labute approximate surface area is 168 Å². The Balaban J connectivity index is 1.56. The summed E-state index contributed by atoms with van der Waals surface area (Å²) < 4.78 is 10.9. The highest BCUT2D eigenvalue weighted by molar-refractivity contribution is 6.13. The van der Waals surface area contributed by atoms with Crippen LogP contribution in [-0.4, -0.2) is 52.5 Å². The van der Waals surface area contributed by atoms with Gasteiger partial charge < -0.3 is 19.1 Å². The third-order valence-corrected chi connectivity index (χ3v) is 5.15. The van der Waals surface area contributed by atoms with Gasteiger partial charge in [0.1, 0.15) is 17.1 Å². The molecule has 0 spiro atoms. The van der Waals surface area contributed by atoms with Crippen LogP contribution in [0.4, 0.5) is 0 Å². The van der Waals surface area contributed by atoms with E-state index in [0.29, 0.717) is 48.0 Å². The maximum absolute atomic E-state index is 13.2. The molecule has 7 heteroatoms. The van der Waals surface area contributed by atoms with Crippen LogP contribution in [0.5, 0.6) is 0 Å². The van der Waals surface area contributed by atoms with E-state index in [1.165, 1.54) is 0 Å². The second kappa shape index (κ2) is 8.05. The van der Waals surface area contributed by atoms with Gasteiger partial charge in [0.15, 0.2) is 5.78 Å². The van der Waals surface area contributed by atoms with Crippen molar-refractivity contribution in [2.45, 2.75) is 26.4 Å². The van der Waals surface area contributed by atoms with Gasteiger partial charge in [-0.25, -0.2) is 0 Å². The highest BCUT2D eigenvalue weighted by Crippen LogP contribution is 2.27. The Bertz CT molecular complexity index is 1020. The fourth-order valence-electron chi connectivity index (χ4n) is 3.68. The molecular formula is C22H23N3O4. The number of ketones is 1. The summed E-state index contributed by atoms with van der Waals surface area (Å²) in [6.07, 6.45) is 2.47. The number of aromatic nitrogens is 2. The molecule has 0 bridgehead atoms. The van der Waals surface area contributed by atoms with Gasteiger partial charge in [-0.1, -0.05) is 35.5 Å². The first-order valence-electron chi connectivity index (χ1n) is 9.74. The molecule has 1 aromatic carbocycles. The van der Waals surface area contributed by atoms with E-state index in [1.807, 2.05) is 37.3 Å². The third-order valence-electron chi connectivity index (χ3n) is 5.15. The van der Waals surface area contributed by atoms with Gasteiger partial charge in [0.05, 0.1) is 11.7 Å². The first kappa shape index (κ1) is 19.1. The molecule has 0 aliphatic carbocycles. The molecule has 4 rings (SSSR count). The molecule has 7 nitrogen and oxygen atoms in total. The molecule has 1 aliphatic rings. The Hall–Kier alpha value is -3.19. The second-order valence-electron chi connectivity index (χ2n) is 7.08. The van der Waals surface area contributed by atoms with Crippen LogP contribution in [0.1, 0.15) is 45.5 Å². The van der Waals surface area contributed by atoms with Crippen molar-refractivity contribution in [2.75, 3.05) is 19.7 Å². The predicted molar refractivity (Wildman–Crippen MR) is 107 cm³/mol. The summed E-state index contributed by atoms with van der Waals surface area (Å²) in [5.41, 5.74) is 2.50. The highest BCUT2D eigenvalue weighted by Gasteiger charge is 2.29. The molecule has 0 unspecified atom stereocenters. The zero-order valence-electron chi connectivity index (χ0n) is 16.5. The number of likely N-dealkylation sites (tertiary alicyclic amines) is 1. The SMILES string of the molecule is CCO[C@@H]1CCN(C(=O)c2cc(C(=O)c3c(-c4ccccc4)noc3C)c[nH]2)C1. The van der Waals surface area contributed by atoms with Crippen LogP contribution >= 0.6 is 0 Å². The van der Waals surface area contributed by atoms with E-state index in [1.54, 1.807) is 24.1 Å². The molecule has 0 saturated carbocycles. The summed E-state index contributed by atoms with van der Waals surface area (Å²) in [6, 6.07) is 11.0. The highest BCUT2D eigenvalue weighted by atomic mass is 16.5. The number of carbonyl (C=O) groups is 2. The maximum atomic E-state index is 13.2. The third kappa shape index (κ3) is 3.73. The van der Waals surface area contributed by atoms with Crippen LogP contribution < -0.4 is 0 Å². The summed E-state index contributed by atoms with van der Waals surface area (Å²) >= 11 is 0. The number of ether oxygens (including phenoxy) is 1. The molecule has 1 fully saturated rings. The van der Waals surface area contributed by atoms with Gasteiger partial charge in [-0.3, -0.25) is 9.59 Å². The van der Waals surface area contributed by atoms with E-state index in [0.717, 1.165) is 12.0 Å². The van der Waals surface area contributed by atoms with E-state index in [9.17, 15) is 9.59 Å². The molecule has 2 aromatic heterocycles. The lowest BCUT2D eigenvalue weighted by atomic mass is 9.99. The van der Waals surface area contributed by atoms with Crippen molar-refractivity contribution in [2.24, 2.45) is 0 Å². The lowest BCUT2D eigenvalue weighted by Crippen LogP contribution is -2.30. The molecular weight excluding hydrogens is 370 g/mol. The Morgan fingerprint density at radius 3 is 2.86 bits per heavy atom. The standard InChI is InChI=1S/C22H23N3O4/c1-3-28-17-9-10-25(13-17)22(27)18-11-16(12-23-18)21(26)19-14(2)29-24-20(19)15-7-5-4-6-8-15/h4-8,11-12,17,23H,3,9-10,13H2,1-2H3/t17-/m1/s1.